The molecule has 0 radical (unpaired) electrons. The molecule has 4 heteroatoms. The number of benzene rings is 1. The summed E-state index contributed by atoms with van der Waals surface area (Å²) in [7, 11) is 0. The van der Waals surface area contributed by atoms with Crippen molar-refractivity contribution in [2.24, 2.45) is 11.5 Å². The standard InChI is InChI=1S/C16H22N2.2ClH/c1-3-12-6-5-7-14(10-12)16(18)9-8-15(17)13(4-2)11-16;;/h5-10H,3-4,11,17-18H2,1-2H3;2*1H. The van der Waals surface area contributed by atoms with Crippen molar-refractivity contribution in [1.29, 1.82) is 0 Å². The lowest BCUT2D eigenvalue weighted by Gasteiger charge is -2.31. The fourth-order valence-electron chi connectivity index (χ4n) is 2.48. The van der Waals surface area contributed by atoms with Crippen LogP contribution in [0.1, 0.15) is 37.8 Å². The van der Waals surface area contributed by atoms with Gasteiger partial charge in [0.05, 0.1) is 5.54 Å². The maximum Gasteiger partial charge on any atom is 0.0637 e. The molecule has 4 N–H and O–H groups in total. The molecule has 0 amide bonds. The Hall–Kier alpha value is -0.960. The highest BCUT2D eigenvalue weighted by Gasteiger charge is 2.28. The van der Waals surface area contributed by atoms with Crippen molar-refractivity contribution in [3.8, 4) is 0 Å². The molecule has 0 bridgehead atoms. The van der Waals surface area contributed by atoms with E-state index in [-0.39, 0.29) is 24.8 Å². The van der Waals surface area contributed by atoms with Crippen LogP contribution in [0, 0.1) is 0 Å². The highest BCUT2D eigenvalue weighted by Crippen LogP contribution is 2.33. The maximum absolute atomic E-state index is 6.56. The van der Waals surface area contributed by atoms with Crippen molar-refractivity contribution in [2.45, 2.75) is 38.6 Å². The summed E-state index contributed by atoms with van der Waals surface area (Å²) in [4.78, 5) is 0. The first-order valence-electron chi connectivity index (χ1n) is 6.64. The molecule has 1 aliphatic carbocycles. The van der Waals surface area contributed by atoms with Gasteiger partial charge in [-0.1, -0.05) is 44.2 Å². The van der Waals surface area contributed by atoms with Gasteiger partial charge >= 0.3 is 0 Å². The molecule has 0 saturated heterocycles. The molecule has 1 aliphatic rings. The first-order valence-corrected chi connectivity index (χ1v) is 6.64. The van der Waals surface area contributed by atoms with Gasteiger partial charge in [0.2, 0.25) is 0 Å². The Labute approximate surface area is 134 Å². The SMILES string of the molecule is CCC1=C(N)C=CC(N)(c2cccc(CC)c2)C1.Cl.Cl. The van der Waals surface area contributed by atoms with Crippen molar-refractivity contribution < 1.29 is 0 Å². The number of hydrogen-bond donors (Lipinski definition) is 2. The lowest BCUT2D eigenvalue weighted by molar-refractivity contribution is 0.535. The Balaban J connectivity index is 0.00000180. The third kappa shape index (κ3) is 3.78. The second-order valence-corrected chi connectivity index (χ2v) is 5.02. The summed E-state index contributed by atoms with van der Waals surface area (Å²) in [6, 6.07) is 8.55. The fraction of sp³-hybridized carbons (Fsp3) is 0.375. The van der Waals surface area contributed by atoms with Gasteiger partial charge in [-0.25, -0.2) is 0 Å². The molecule has 2 rings (SSSR count). The molecular weight excluding hydrogens is 291 g/mol. The third-order valence-electron chi connectivity index (χ3n) is 3.77. The molecule has 0 heterocycles. The van der Waals surface area contributed by atoms with Crippen LogP contribution in [-0.2, 0) is 12.0 Å². The van der Waals surface area contributed by atoms with E-state index >= 15 is 0 Å². The number of hydrogen-bond acceptors (Lipinski definition) is 2. The van der Waals surface area contributed by atoms with Crippen LogP contribution in [0.5, 0.6) is 0 Å². The third-order valence-corrected chi connectivity index (χ3v) is 3.77. The van der Waals surface area contributed by atoms with Crippen molar-refractivity contribution in [3.63, 3.8) is 0 Å². The predicted octanol–water partition coefficient (Wildman–Crippen LogP) is 3.83. The zero-order valence-corrected chi connectivity index (χ0v) is 13.7. The van der Waals surface area contributed by atoms with E-state index in [2.05, 4.69) is 38.1 Å². The Morgan fingerprint density at radius 2 is 1.85 bits per heavy atom. The van der Waals surface area contributed by atoms with Crippen molar-refractivity contribution in [3.05, 3.63) is 58.8 Å². The van der Waals surface area contributed by atoms with E-state index < -0.39 is 5.54 Å². The quantitative estimate of drug-likeness (QED) is 0.890. The molecule has 0 aromatic heterocycles. The molecular formula is C16H24Cl2N2. The van der Waals surface area contributed by atoms with Crippen LogP contribution in [0.3, 0.4) is 0 Å². The van der Waals surface area contributed by atoms with Crippen molar-refractivity contribution in [1.82, 2.24) is 0 Å². The molecule has 2 nitrogen and oxygen atoms in total. The number of allylic oxidation sites excluding steroid dienone is 1. The molecule has 112 valence electrons. The monoisotopic (exact) mass is 314 g/mol. The van der Waals surface area contributed by atoms with Gasteiger partial charge in [0.25, 0.3) is 0 Å². The smallest absolute Gasteiger partial charge is 0.0637 e. The molecule has 1 aromatic rings. The van der Waals surface area contributed by atoms with Gasteiger partial charge in [-0.05, 0) is 42.0 Å². The summed E-state index contributed by atoms with van der Waals surface area (Å²) in [5, 5.41) is 0. The summed E-state index contributed by atoms with van der Waals surface area (Å²) in [6.45, 7) is 4.29. The number of aryl methyl sites for hydroxylation is 1. The fourth-order valence-corrected chi connectivity index (χ4v) is 2.48. The summed E-state index contributed by atoms with van der Waals surface area (Å²) in [5.74, 6) is 0. The van der Waals surface area contributed by atoms with E-state index in [1.54, 1.807) is 0 Å². The Kier molecular flexibility index (Phi) is 7.35. The van der Waals surface area contributed by atoms with Gasteiger partial charge in [0.1, 0.15) is 0 Å². The maximum atomic E-state index is 6.56. The van der Waals surface area contributed by atoms with Gasteiger partial charge in [-0.3, -0.25) is 0 Å². The van der Waals surface area contributed by atoms with Crippen LogP contribution in [0.2, 0.25) is 0 Å². The largest absolute Gasteiger partial charge is 0.399 e. The molecule has 0 spiro atoms. The molecule has 1 atom stereocenters. The average Bonchev–Trinajstić information content (AvgIpc) is 2.42. The topological polar surface area (TPSA) is 52.0 Å². The highest BCUT2D eigenvalue weighted by atomic mass is 35.5. The summed E-state index contributed by atoms with van der Waals surface area (Å²) in [5.41, 5.74) is 16.8. The van der Waals surface area contributed by atoms with Gasteiger partial charge in [-0.2, -0.15) is 0 Å². The van der Waals surface area contributed by atoms with Crippen LogP contribution >= 0.6 is 24.8 Å². The molecule has 0 aliphatic heterocycles. The van der Waals surface area contributed by atoms with Crippen LogP contribution < -0.4 is 11.5 Å². The van der Waals surface area contributed by atoms with Crippen LogP contribution in [0.4, 0.5) is 0 Å². The van der Waals surface area contributed by atoms with E-state index in [1.807, 2.05) is 12.2 Å². The lowest BCUT2D eigenvalue weighted by Crippen LogP contribution is -2.37. The highest BCUT2D eigenvalue weighted by molar-refractivity contribution is 5.85. The number of rotatable bonds is 3. The Morgan fingerprint density at radius 1 is 1.15 bits per heavy atom. The van der Waals surface area contributed by atoms with E-state index in [0.29, 0.717) is 0 Å². The molecule has 1 unspecified atom stereocenters. The minimum Gasteiger partial charge on any atom is -0.399 e. The average molecular weight is 315 g/mol. The second kappa shape index (κ2) is 7.72. The molecule has 20 heavy (non-hydrogen) atoms. The predicted molar refractivity (Wildman–Crippen MR) is 91.4 cm³/mol. The Bertz CT molecular complexity index is 509. The van der Waals surface area contributed by atoms with Gasteiger partial charge < -0.3 is 11.5 Å². The minimum absolute atomic E-state index is 0. The van der Waals surface area contributed by atoms with E-state index in [1.165, 1.54) is 16.7 Å². The second-order valence-electron chi connectivity index (χ2n) is 5.02. The van der Waals surface area contributed by atoms with E-state index in [0.717, 1.165) is 25.0 Å². The molecule has 0 saturated carbocycles. The number of halogens is 2. The first kappa shape index (κ1) is 19.0. The Morgan fingerprint density at radius 3 is 2.45 bits per heavy atom. The van der Waals surface area contributed by atoms with Crippen molar-refractivity contribution in [2.75, 3.05) is 0 Å². The van der Waals surface area contributed by atoms with Gasteiger partial charge in [0.15, 0.2) is 0 Å². The molecule has 1 aromatic carbocycles. The lowest BCUT2D eigenvalue weighted by atomic mass is 9.79. The summed E-state index contributed by atoms with van der Waals surface area (Å²) < 4.78 is 0. The van der Waals surface area contributed by atoms with Crippen LogP contribution in [0.15, 0.2) is 47.7 Å². The molecule has 0 fully saturated rings. The summed E-state index contributed by atoms with van der Waals surface area (Å²) >= 11 is 0. The number of nitrogens with two attached hydrogens (primary N) is 2. The zero-order chi connectivity index (χ0) is 13.2. The van der Waals surface area contributed by atoms with Crippen molar-refractivity contribution >= 4 is 24.8 Å². The van der Waals surface area contributed by atoms with Crippen LogP contribution in [-0.4, -0.2) is 0 Å². The minimum atomic E-state index is -0.403. The van der Waals surface area contributed by atoms with Crippen LogP contribution in [0.25, 0.3) is 0 Å². The normalized spacial score (nSPS) is 21.1. The van der Waals surface area contributed by atoms with Gasteiger partial charge in [0, 0.05) is 5.70 Å². The van der Waals surface area contributed by atoms with E-state index in [9.17, 15) is 0 Å². The van der Waals surface area contributed by atoms with E-state index in [4.69, 9.17) is 11.5 Å². The van der Waals surface area contributed by atoms with Gasteiger partial charge in [-0.15, -0.1) is 24.8 Å². The summed E-state index contributed by atoms with van der Waals surface area (Å²) in [6.07, 6.45) is 6.81. The zero-order valence-electron chi connectivity index (χ0n) is 12.1. The first-order chi connectivity index (χ1) is 8.59.